The summed E-state index contributed by atoms with van der Waals surface area (Å²) in [6.45, 7) is 2.62. The van der Waals surface area contributed by atoms with Crippen LogP contribution in [0.4, 0.5) is 0 Å². The Bertz CT molecular complexity index is 1270. The standard InChI is InChI=1S/C25H18Cl3NO4/c1-2-31-23-13-18(32-14-16-5-3-4-6-20(16)27)9-7-15(23)11-22-25(30)33-24(29-22)19-10-8-17(26)12-21(19)28/h3-13H,2,14H2,1H3/b22-11-. The Morgan fingerprint density at radius 3 is 2.55 bits per heavy atom. The van der Waals surface area contributed by atoms with Gasteiger partial charge in [-0.15, -0.1) is 0 Å². The molecule has 0 radical (unpaired) electrons. The minimum atomic E-state index is -0.586. The van der Waals surface area contributed by atoms with Crippen LogP contribution in [0.1, 0.15) is 23.6 Å². The van der Waals surface area contributed by atoms with Crippen LogP contribution in [0, 0.1) is 0 Å². The van der Waals surface area contributed by atoms with Crippen molar-refractivity contribution >= 4 is 52.7 Å². The second-order valence-corrected chi connectivity index (χ2v) is 8.22. The predicted octanol–water partition coefficient (Wildman–Crippen LogP) is 6.97. The number of nitrogens with zero attached hydrogens (tertiary/aromatic N) is 1. The lowest BCUT2D eigenvalue weighted by Gasteiger charge is -2.12. The van der Waals surface area contributed by atoms with Crippen LogP contribution in [-0.2, 0) is 16.1 Å². The molecule has 0 amide bonds. The number of carbonyl (C=O) groups is 1. The third-order valence-corrected chi connectivity index (χ3v) is 5.63. The van der Waals surface area contributed by atoms with E-state index in [9.17, 15) is 4.79 Å². The highest BCUT2D eigenvalue weighted by Gasteiger charge is 2.26. The highest BCUT2D eigenvalue weighted by atomic mass is 35.5. The fourth-order valence-electron chi connectivity index (χ4n) is 3.12. The molecule has 0 unspecified atom stereocenters. The minimum Gasteiger partial charge on any atom is -0.493 e. The summed E-state index contributed by atoms with van der Waals surface area (Å²) in [7, 11) is 0. The Morgan fingerprint density at radius 1 is 0.970 bits per heavy atom. The van der Waals surface area contributed by atoms with Crippen LogP contribution < -0.4 is 9.47 Å². The molecule has 0 fully saturated rings. The van der Waals surface area contributed by atoms with E-state index in [1.807, 2.05) is 31.2 Å². The number of rotatable bonds is 7. The summed E-state index contributed by atoms with van der Waals surface area (Å²) in [5.74, 6) is 0.678. The van der Waals surface area contributed by atoms with Gasteiger partial charge in [-0.25, -0.2) is 9.79 Å². The molecule has 0 N–H and O–H groups in total. The molecule has 33 heavy (non-hydrogen) atoms. The van der Waals surface area contributed by atoms with E-state index in [4.69, 9.17) is 49.0 Å². The fourth-order valence-corrected chi connectivity index (χ4v) is 3.79. The smallest absolute Gasteiger partial charge is 0.363 e. The Hall–Kier alpha value is -2.99. The number of aliphatic imine (C=N–C) groups is 1. The third kappa shape index (κ3) is 5.50. The number of hydrogen-bond donors (Lipinski definition) is 0. The van der Waals surface area contributed by atoms with Crippen molar-refractivity contribution in [2.75, 3.05) is 6.61 Å². The molecule has 4 rings (SSSR count). The van der Waals surface area contributed by atoms with Crippen LogP contribution in [0.5, 0.6) is 11.5 Å². The van der Waals surface area contributed by atoms with Crippen LogP contribution >= 0.6 is 34.8 Å². The Labute approximate surface area is 206 Å². The average Bonchev–Trinajstić information content (AvgIpc) is 3.14. The summed E-state index contributed by atoms with van der Waals surface area (Å²) >= 11 is 18.3. The quantitative estimate of drug-likeness (QED) is 0.259. The number of halogens is 3. The molecule has 3 aromatic carbocycles. The normalized spacial score (nSPS) is 14.2. The molecule has 3 aromatic rings. The van der Waals surface area contributed by atoms with E-state index in [0.717, 1.165) is 5.56 Å². The first-order valence-corrected chi connectivity index (χ1v) is 11.2. The van der Waals surface area contributed by atoms with Gasteiger partial charge < -0.3 is 14.2 Å². The molecule has 1 heterocycles. The first-order valence-electron chi connectivity index (χ1n) is 10.1. The molecule has 0 spiro atoms. The largest absolute Gasteiger partial charge is 0.493 e. The van der Waals surface area contributed by atoms with E-state index >= 15 is 0 Å². The van der Waals surface area contributed by atoms with E-state index in [-0.39, 0.29) is 11.6 Å². The van der Waals surface area contributed by atoms with Crippen LogP contribution in [0.3, 0.4) is 0 Å². The number of ether oxygens (including phenoxy) is 3. The summed E-state index contributed by atoms with van der Waals surface area (Å²) in [5.41, 5.74) is 2.13. The van der Waals surface area contributed by atoms with Gasteiger partial charge in [0.25, 0.3) is 0 Å². The topological polar surface area (TPSA) is 57.1 Å². The fraction of sp³-hybridized carbons (Fsp3) is 0.120. The van der Waals surface area contributed by atoms with Crippen LogP contribution in [0.2, 0.25) is 15.1 Å². The van der Waals surface area contributed by atoms with E-state index in [1.54, 1.807) is 42.5 Å². The molecular weight excluding hydrogens is 485 g/mol. The first kappa shape index (κ1) is 23.2. The van der Waals surface area contributed by atoms with Crippen molar-refractivity contribution in [1.29, 1.82) is 0 Å². The Kier molecular flexibility index (Phi) is 7.23. The van der Waals surface area contributed by atoms with Crippen molar-refractivity contribution in [1.82, 2.24) is 0 Å². The summed E-state index contributed by atoms with van der Waals surface area (Å²) in [6, 6.07) is 17.7. The van der Waals surface area contributed by atoms with Crippen molar-refractivity contribution in [2.24, 2.45) is 4.99 Å². The molecule has 0 aromatic heterocycles. The lowest BCUT2D eigenvalue weighted by Crippen LogP contribution is -2.06. The maximum atomic E-state index is 12.4. The molecule has 5 nitrogen and oxygen atoms in total. The average molecular weight is 503 g/mol. The minimum absolute atomic E-state index is 0.116. The van der Waals surface area contributed by atoms with Gasteiger partial charge in [0.05, 0.1) is 17.2 Å². The zero-order valence-corrected chi connectivity index (χ0v) is 19.7. The first-order chi connectivity index (χ1) is 15.9. The number of esters is 1. The van der Waals surface area contributed by atoms with Crippen LogP contribution in [0.25, 0.3) is 6.08 Å². The second kappa shape index (κ2) is 10.3. The van der Waals surface area contributed by atoms with Gasteiger partial charge in [-0.05, 0) is 49.4 Å². The Morgan fingerprint density at radius 2 is 1.79 bits per heavy atom. The van der Waals surface area contributed by atoms with Gasteiger partial charge in [0.1, 0.15) is 18.1 Å². The van der Waals surface area contributed by atoms with Gasteiger partial charge in [0, 0.05) is 27.2 Å². The lowest BCUT2D eigenvalue weighted by molar-refractivity contribution is -0.129. The molecule has 0 saturated heterocycles. The number of carbonyl (C=O) groups excluding carboxylic acids is 1. The van der Waals surface area contributed by atoms with Gasteiger partial charge in [0.2, 0.25) is 5.90 Å². The number of hydrogen-bond acceptors (Lipinski definition) is 5. The third-order valence-electron chi connectivity index (χ3n) is 4.71. The summed E-state index contributed by atoms with van der Waals surface area (Å²) in [5, 5.41) is 1.45. The Balaban J connectivity index is 1.59. The van der Waals surface area contributed by atoms with Gasteiger partial charge in [-0.2, -0.15) is 0 Å². The van der Waals surface area contributed by atoms with Gasteiger partial charge in [-0.1, -0.05) is 53.0 Å². The highest BCUT2D eigenvalue weighted by Crippen LogP contribution is 2.31. The zero-order chi connectivity index (χ0) is 23.4. The number of cyclic esters (lactones) is 1. The van der Waals surface area contributed by atoms with Gasteiger partial charge in [0.15, 0.2) is 5.70 Å². The molecular formula is C25H18Cl3NO4. The maximum absolute atomic E-state index is 12.4. The van der Waals surface area contributed by atoms with E-state index in [1.165, 1.54) is 0 Å². The predicted molar refractivity (Wildman–Crippen MR) is 130 cm³/mol. The summed E-state index contributed by atoms with van der Waals surface area (Å²) in [4.78, 5) is 16.7. The van der Waals surface area contributed by atoms with Crippen LogP contribution in [0.15, 0.2) is 71.4 Å². The highest BCUT2D eigenvalue weighted by molar-refractivity contribution is 6.37. The molecule has 0 saturated carbocycles. The lowest BCUT2D eigenvalue weighted by atomic mass is 10.1. The van der Waals surface area contributed by atoms with Crippen molar-refractivity contribution in [3.63, 3.8) is 0 Å². The van der Waals surface area contributed by atoms with Crippen molar-refractivity contribution < 1.29 is 19.0 Å². The van der Waals surface area contributed by atoms with Crippen molar-refractivity contribution in [3.8, 4) is 11.5 Å². The summed E-state index contributed by atoms with van der Waals surface area (Å²) < 4.78 is 16.9. The SMILES string of the molecule is CCOc1cc(OCc2ccccc2Cl)ccc1/C=C1\N=C(c2ccc(Cl)cc2Cl)OC1=O. The monoisotopic (exact) mass is 501 g/mol. The van der Waals surface area contributed by atoms with E-state index < -0.39 is 5.97 Å². The molecule has 1 aliphatic heterocycles. The maximum Gasteiger partial charge on any atom is 0.363 e. The molecule has 168 valence electrons. The van der Waals surface area contributed by atoms with E-state index in [2.05, 4.69) is 4.99 Å². The second-order valence-electron chi connectivity index (χ2n) is 6.97. The molecule has 0 atom stereocenters. The summed E-state index contributed by atoms with van der Waals surface area (Å²) in [6.07, 6.45) is 1.60. The molecule has 0 bridgehead atoms. The van der Waals surface area contributed by atoms with Gasteiger partial charge >= 0.3 is 5.97 Å². The number of benzene rings is 3. The zero-order valence-electron chi connectivity index (χ0n) is 17.5. The molecule has 0 aliphatic carbocycles. The molecule has 8 heteroatoms. The molecule has 1 aliphatic rings. The van der Waals surface area contributed by atoms with Crippen molar-refractivity contribution in [2.45, 2.75) is 13.5 Å². The van der Waals surface area contributed by atoms with Crippen molar-refractivity contribution in [3.05, 3.63) is 98.1 Å². The van der Waals surface area contributed by atoms with E-state index in [0.29, 0.717) is 50.9 Å². The van der Waals surface area contributed by atoms with Gasteiger partial charge in [-0.3, -0.25) is 0 Å². The van der Waals surface area contributed by atoms with Crippen LogP contribution in [-0.4, -0.2) is 18.5 Å².